The molecule has 1 unspecified atom stereocenters. The highest BCUT2D eigenvalue weighted by Gasteiger charge is 2.52. The Bertz CT molecular complexity index is 807. The maximum Gasteiger partial charge on any atom is 0.135 e. The van der Waals surface area contributed by atoms with Crippen molar-refractivity contribution < 1.29 is 4.42 Å². The van der Waals surface area contributed by atoms with Crippen molar-refractivity contribution in [2.24, 2.45) is 23.2 Å². The summed E-state index contributed by atoms with van der Waals surface area (Å²) >= 11 is 7.15. The van der Waals surface area contributed by atoms with Crippen LogP contribution >= 0.6 is 31.9 Å². The van der Waals surface area contributed by atoms with E-state index in [4.69, 9.17) is 4.42 Å². The van der Waals surface area contributed by atoms with Crippen molar-refractivity contribution in [1.82, 2.24) is 5.32 Å². The van der Waals surface area contributed by atoms with Gasteiger partial charge in [0.25, 0.3) is 0 Å². The van der Waals surface area contributed by atoms with Gasteiger partial charge in [-0.25, -0.2) is 0 Å². The van der Waals surface area contributed by atoms with Gasteiger partial charge in [-0.15, -0.1) is 0 Å². The van der Waals surface area contributed by atoms with Crippen molar-refractivity contribution in [3.05, 3.63) is 45.0 Å². The van der Waals surface area contributed by atoms with Gasteiger partial charge in [0, 0.05) is 20.6 Å². The molecule has 1 heterocycles. The third-order valence-electron chi connectivity index (χ3n) is 7.44. The van der Waals surface area contributed by atoms with Gasteiger partial charge in [-0.2, -0.15) is 0 Å². The van der Waals surface area contributed by atoms with Gasteiger partial charge in [0.2, 0.25) is 0 Å². The first-order valence-corrected chi connectivity index (χ1v) is 11.9. The van der Waals surface area contributed by atoms with Crippen LogP contribution in [-0.4, -0.2) is 6.04 Å². The minimum absolute atomic E-state index is 0.541. The molecule has 27 heavy (non-hydrogen) atoms. The van der Waals surface area contributed by atoms with Crippen molar-refractivity contribution in [3.63, 3.8) is 0 Å². The molecule has 144 valence electrons. The lowest BCUT2D eigenvalue weighted by Gasteiger charge is -2.59. The van der Waals surface area contributed by atoms with Crippen LogP contribution in [-0.2, 0) is 6.54 Å². The minimum Gasteiger partial charge on any atom is -0.460 e. The molecule has 0 radical (unpaired) electrons. The Labute approximate surface area is 178 Å². The van der Waals surface area contributed by atoms with Crippen LogP contribution < -0.4 is 5.32 Å². The topological polar surface area (TPSA) is 25.2 Å². The van der Waals surface area contributed by atoms with Crippen molar-refractivity contribution >= 4 is 31.9 Å². The smallest absolute Gasteiger partial charge is 0.135 e. The fourth-order valence-corrected chi connectivity index (χ4v) is 7.73. The van der Waals surface area contributed by atoms with Crippen LogP contribution in [0.3, 0.4) is 0 Å². The van der Waals surface area contributed by atoms with Crippen molar-refractivity contribution in [3.8, 4) is 11.3 Å². The predicted molar refractivity (Wildman–Crippen MR) is 116 cm³/mol. The molecular weight excluding hydrogens is 466 g/mol. The van der Waals surface area contributed by atoms with Gasteiger partial charge in [-0.05, 0) is 115 Å². The van der Waals surface area contributed by atoms with Crippen LogP contribution in [0, 0.1) is 23.2 Å². The zero-order valence-electron chi connectivity index (χ0n) is 15.8. The van der Waals surface area contributed by atoms with Gasteiger partial charge in [-0.1, -0.05) is 15.9 Å². The standard InChI is InChI=1S/C23H27Br2NO/c1-14(23-10-15-6-16(11-23)8-17(7-15)12-23)26-13-19-3-5-22(27-19)20-4-2-18(24)9-21(20)25/h2-5,9,14-17,26H,6-8,10-13H2,1H3. The van der Waals surface area contributed by atoms with Crippen LogP contribution in [0.1, 0.15) is 51.2 Å². The SMILES string of the molecule is CC(NCc1ccc(-c2ccc(Br)cc2Br)o1)C12CC3CC(CC(C3)C1)C2. The van der Waals surface area contributed by atoms with E-state index in [1.807, 2.05) is 0 Å². The molecule has 6 rings (SSSR count). The van der Waals surface area contributed by atoms with Gasteiger partial charge in [0.15, 0.2) is 0 Å². The number of hydrogen-bond acceptors (Lipinski definition) is 2. The summed E-state index contributed by atoms with van der Waals surface area (Å²) in [6, 6.07) is 11.0. The molecule has 4 heteroatoms. The highest BCUT2D eigenvalue weighted by Crippen LogP contribution is 2.61. The van der Waals surface area contributed by atoms with E-state index in [1.165, 1.54) is 38.5 Å². The van der Waals surface area contributed by atoms with Gasteiger partial charge in [0.1, 0.15) is 11.5 Å². The number of halogens is 2. The summed E-state index contributed by atoms with van der Waals surface area (Å²) in [6.45, 7) is 3.24. The first-order valence-electron chi connectivity index (χ1n) is 10.3. The number of rotatable bonds is 5. The van der Waals surface area contributed by atoms with E-state index in [-0.39, 0.29) is 0 Å². The summed E-state index contributed by atoms with van der Waals surface area (Å²) < 4.78 is 8.27. The lowest BCUT2D eigenvalue weighted by atomic mass is 9.48. The molecule has 4 aliphatic rings. The van der Waals surface area contributed by atoms with Crippen LogP contribution in [0.2, 0.25) is 0 Å². The molecule has 1 N–H and O–H groups in total. The van der Waals surface area contributed by atoms with Gasteiger partial charge < -0.3 is 9.73 Å². The van der Waals surface area contributed by atoms with Crippen LogP contribution in [0.15, 0.2) is 43.7 Å². The first-order chi connectivity index (χ1) is 13.0. The lowest BCUT2D eigenvalue weighted by Crippen LogP contribution is -2.54. The summed E-state index contributed by atoms with van der Waals surface area (Å²) in [5.41, 5.74) is 1.64. The quantitative estimate of drug-likeness (QED) is 0.478. The average Bonchev–Trinajstić information content (AvgIpc) is 3.07. The van der Waals surface area contributed by atoms with Gasteiger partial charge >= 0.3 is 0 Å². The van der Waals surface area contributed by atoms with Gasteiger partial charge in [0.05, 0.1) is 6.54 Å². The monoisotopic (exact) mass is 491 g/mol. The molecule has 1 aromatic carbocycles. The highest BCUT2D eigenvalue weighted by atomic mass is 79.9. The zero-order chi connectivity index (χ0) is 18.6. The molecule has 0 saturated heterocycles. The van der Waals surface area contributed by atoms with E-state index in [1.54, 1.807) is 0 Å². The van der Waals surface area contributed by atoms with Crippen LogP contribution in [0.4, 0.5) is 0 Å². The van der Waals surface area contributed by atoms with Crippen molar-refractivity contribution in [2.45, 2.75) is 58.0 Å². The molecule has 4 saturated carbocycles. The second-order valence-corrected chi connectivity index (χ2v) is 11.0. The summed E-state index contributed by atoms with van der Waals surface area (Å²) in [7, 11) is 0. The fraction of sp³-hybridized carbons (Fsp3) is 0.565. The van der Waals surface area contributed by atoms with E-state index in [0.717, 1.165) is 50.3 Å². The molecule has 4 fully saturated rings. The Hall–Kier alpha value is -0.580. The zero-order valence-corrected chi connectivity index (χ0v) is 19.0. The Morgan fingerprint density at radius 2 is 1.70 bits per heavy atom. The molecule has 2 nitrogen and oxygen atoms in total. The molecule has 0 aliphatic heterocycles. The second-order valence-electron chi connectivity index (χ2n) is 9.27. The Kier molecular flexibility index (Phi) is 4.81. The molecule has 0 spiro atoms. The van der Waals surface area contributed by atoms with E-state index in [0.29, 0.717) is 11.5 Å². The van der Waals surface area contributed by atoms with E-state index in [2.05, 4.69) is 74.4 Å². The molecule has 1 atom stereocenters. The lowest BCUT2D eigenvalue weighted by molar-refractivity contribution is -0.0708. The van der Waals surface area contributed by atoms with Crippen molar-refractivity contribution in [2.75, 3.05) is 0 Å². The summed E-state index contributed by atoms with van der Waals surface area (Å²) in [6.07, 6.45) is 8.87. The maximum atomic E-state index is 6.15. The largest absolute Gasteiger partial charge is 0.460 e. The van der Waals surface area contributed by atoms with E-state index in [9.17, 15) is 0 Å². The average molecular weight is 493 g/mol. The molecule has 0 amide bonds. The maximum absolute atomic E-state index is 6.15. The molecule has 4 aliphatic carbocycles. The third kappa shape index (κ3) is 3.47. The summed E-state index contributed by atoms with van der Waals surface area (Å²) in [5.74, 6) is 4.96. The van der Waals surface area contributed by atoms with E-state index >= 15 is 0 Å². The third-order valence-corrected chi connectivity index (χ3v) is 8.59. The molecule has 2 aromatic rings. The first kappa shape index (κ1) is 18.4. The summed E-state index contributed by atoms with van der Waals surface area (Å²) in [4.78, 5) is 0. The van der Waals surface area contributed by atoms with Crippen molar-refractivity contribution in [1.29, 1.82) is 0 Å². The van der Waals surface area contributed by atoms with E-state index < -0.39 is 0 Å². The number of furan rings is 1. The number of benzene rings is 1. The van der Waals surface area contributed by atoms with Crippen LogP contribution in [0.25, 0.3) is 11.3 Å². The Morgan fingerprint density at radius 1 is 1.04 bits per heavy atom. The Morgan fingerprint density at radius 3 is 2.33 bits per heavy atom. The van der Waals surface area contributed by atoms with Crippen LogP contribution in [0.5, 0.6) is 0 Å². The number of nitrogens with one attached hydrogen (secondary N) is 1. The highest BCUT2D eigenvalue weighted by molar-refractivity contribution is 9.11. The number of hydrogen-bond donors (Lipinski definition) is 1. The Balaban J connectivity index is 1.26. The van der Waals surface area contributed by atoms with Gasteiger partial charge in [-0.3, -0.25) is 0 Å². The second kappa shape index (κ2) is 7.03. The normalized spacial score (nSPS) is 32.8. The molecule has 1 aromatic heterocycles. The summed E-state index contributed by atoms with van der Waals surface area (Å²) in [5, 5.41) is 3.83. The molecular formula is C23H27Br2NO. The predicted octanol–water partition coefficient (Wildman–Crippen LogP) is 7.17. The molecule has 4 bridgehead atoms. The fourth-order valence-electron chi connectivity index (χ4n) is 6.49. The minimum atomic E-state index is 0.541.